The van der Waals surface area contributed by atoms with E-state index in [1.54, 1.807) is 54.7 Å². The van der Waals surface area contributed by atoms with Crippen LogP contribution in [0.4, 0.5) is 9.59 Å². The van der Waals surface area contributed by atoms with Crippen LogP contribution in [0, 0.1) is 0 Å². The Bertz CT molecular complexity index is 1560. The van der Waals surface area contributed by atoms with Crippen molar-refractivity contribution in [3.8, 4) is 16.9 Å². The van der Waals surface area contributed by atoms with Gasteiger partial charge in [-0.1, -0.05) is 26.8 Å². The Morgan fingerprint density at radius 3 is 2.06 bits per heavy atom. The summed E-state index contributed by atoms with van der Waals surface area (Å²) in [5.41, 5.74) is 1.22. The minimum absolute atomic E-state index is 0.0261. The standard InChI is InChI=1S/C38H62N4O9Si/c1-34(2,3)47-31(43)38(13,51-41-33(45)49-36(7,8)9)30-19-17-26-20-25(16-18-29(26)46-30)27-21-40-42(23-27)24-28(50-52(14,15)37(10,11)12)22-39-32(44)48-35(4,5)6/h16,18,20-21,23,28,30H,17,19,22,24H2,1-15H3,(H,39,44)(H,41,45)/t28?,30-,38+/m1/s1. The monoisotopic (exact) mass is 746 g/mol. The van der Waals surface area contributed by atoms with Crippen LogP contribution in [-0.2, 0) is 41.2 Å². The number of carbonyl (C=O) groups is 3. The molecule has 2 heterocycles. The summed E-state index contributed by atoms with van der Waals surface area (Å²) in [6, 6.07) is 5.84. The van der Waals surface area contributed by atoms with Crippen molar-refractivity contribution in [2.75, 3.05) is 6.54 Å². The van der Waals surface area contributed by atoms with Crippen LogP contribution in [0.25, 0.3) is 11.1 Å². The highest BCUT2D eigenvalue weighted by atomic mass is 28.4. The summed E-state index contributed by atoms with van der Waals surface area (Å²) in [4.78, 5) is 44.2. The highest BCUT2D eigenvalue weighted by Crippen LogP contribution is 2.38. The number of amides is 2. The van der Waals surface area contributed by atoms with Crippen LogP contribution in [0.1, 0.15) is 102 Å². The number of carbonyl (C=O) groups excluding carboxylic acids is 3. The van der Waals surface area contributed by atoms with Crippen LogP contribution in [0.3, 0.4) is 0 Å². The fourth-order valence-corrected chi connectivity index (χ4v) is 6.44. The van der Waals surface area contributed by atoms with E-state index in [4.69, 9.17) is 28.2 Å². The zero-order valence-corrected chi connectivity index (χ0v) is 34.9. The third kappa shape index (κ3) is 12.5. The third-order valence-electron chi connectivity index (χ3n) is 8.67. The molecule has 0 aliphatic carbocycles. The molecule has 3 rings (SSSR count). The first-order chi connectivity index (χ1) is 23.6. The molecule has 0 bridgehead atoms. The van der Waals surface area contributed by atoms with Gasteiger partial charge in [-0.15, -0.1) is 0 Å². The third-order valence-corrected chi connectivity index (χ3v) is 13.2. The molecule has 0 fully saturated rings. The van der Waals surface area contributed by atoms with Crippen molar-refractivity contribution in [2.45, 2.75) is 162 Å². The summed E-state index contributed by atoms with van der Waals surface area (Å²) in [5, 5.41) is 7.49. The van der Waals surface area contributed by atoms with Gasteiger partial charge in [-0.3, -0.25) is 4.68 Å². The molecule has 0 radical (unpaired) electrons. The number of aromatic nitrogens is 2. The summed E-state index contributed by atoms with van der Waals surface area (Å²) in [6.07, 6.45) is 2.32. The van der Waals surface area contributed by atoms with Gasteiger partial charge in [0.2, 0.25) is 5.60 Å². The smallest absolute Gasteiger partial charge is 0.431 e. The first-order valence-electron chi connectivity index (χ1n) is 17.9. The molecule has 0 saturated carbocycles. The lowest BCUT2D eigenvalue weighted by atomic mass is 9.89. The molecular weight excluding hydrogens is 685 g/mol. The summed E-state index contributed by atoms with van der Waals surface area (Å²) >= 11 is 0. The van der Waals surface area contributed by atoms with Crippen molar-refractivity contribution >= 4 is 26.5 Å². The zero-order chi connectivity index (χ0) is 39.5. The average Bonchev–Trinajstić information content (AvgIpc) is 3.43. The van der Waals surface area contributed by atoms with E-state index in [0.717, 1.165) is 16.7 Å². The van der Waals surface area contributed by atoms with E-state index in [-0.39, 0.29) is 17.7 Å². The molecule has 1 aliphatic heterocycles. The van der Waals surface area contributed by atoms with Crippen molar-refractivity contribution in [3.63, 3.8) is 0 Å². The largest absolute Gasteiger partial charge is 0.486 e. The number of hydrogen-bond donors (Lipinski definition) is 2. The molecule has 13 nitrogen and oxygen atoms in total. The minimum atomic E-state index is -2.19. The first-order valence-corrected chi connectivity index (χ1v) is 20.9. The Hall–Kier alpha value is -3.62. The molecule has 14 heteroatoms. The Morgan fingerprint density at radius 2 is 1.48 bits per heavy atom. The lowest BCUT2D eigenvalue weighted by Gasteiger charge is -2.39. The summed E-state index contributed by atoms with van der Waals surface area (Å²) < 4.78 is 31.4. The van der Waals surface area contributed by atoms with Gasteiger partial charge in [0.25, 0.3) is 0 Å². The Morgan fingerprint density at radius 1 is 0.885 bits per heavy atom. The van der Waals surface area contributed by atoms with Gasteiger partial charge in [-0.25, -0.2) is 19.2 Å². The number of rotatable bonds is 11. The molecule has 1 aromatic heterocycles. The maximum absolute atomic E-state index is 13.5. The van der Waals surface area contributed by atoms with Crippen molar-refractivity contribution in [3.05, 3.63) is 36.2 Å². The second-order valence-corrected chi connectivity index (χ2v) is 22.9. The van der Waals surface area contributed by atoms with E-state index in [1.165, 1.54) is 0 Å². The molecule has 0 spiro atoms. The number of alkyl carbamates (subject to hydrolysis) is 1. The number of aryl methyl sites for hydroxylation is 1. The molecule has 1 aliphatic rings. The number of fused-ring (bicyclic) bond motifs is 1. The summed E-state index contributed by atoms with van der Waals surface area (Å²) in [7, 11) is -2.19. The zero-order valence-electron chi connectivity index (χ0n) is 33.9. The van der Waals surface area contributed by atoms with Gasteiger partial charge in [0.1, 0.15) is 28.7 Å². The van der Waals surface area contributed by atoms with Crippen LogP contribution in [0.2, 0.25) is 18.1 Å². The number of ether oxygens (including phenoxy) is 4. The van der Waals surface area contributed by atoms with Crippen molar-refractivity contribution in [2.24, 2.45) is 0 Å². The van der Waals surface area contributed by atoms with E-state index in [9.17, 15) is 14.4 Å². The predicted molar refractivity (Wildman–Crippen MR) is 201 cm³/mol. The van der Waals surface area contributed by atoms with Crippen molar-refractivity contribution in [1.29, 1.82) is 0 Å². The van der Waals surface area contributed by atoms with Gasteiger partial charge >= 0.3 is 18.2 Å². The van der Waals surface area contributed by atoms with Crippen molar-refractivity contribution in [1.82, 2.24) is 20.6 Å². The average molecular weight is 747 g/mol. The Kier molecular flexibility index (Phi) is 13.0. The normalized spacial score (nSPS) is 17.2. The van der Waals surface area contributed by atoms with Gasteiger partial charge in [0.15, 0.2) is 8.32 Å². The van der Waals surface area contributed by atoms with E-state index >= 15 is 0 Å². The highest BCUT2D eigenvalue weighted by Gasteiger charge is 2.50. The quantitative estimate of drug-likeness (QED) is 0.101. The number of esters is 1. The van der Waals surface area contributed by atoms with Gasteiger partial charge in [-0.2, -0.15) is 10.6 Å². The number of nitrogens with one attached hydrogen (secondary N) is 2. The maximum atomic E-state index is 13.5. The topological polar surface area (TPSA) is 148 Å². The molecule has 1 unspecified atom stereocenters. The molecule has 2 aromatic rings. The minimum Gasteiger partial charge on any atom is -0.486 e. The van der Waals surface area contributed by atoms with E-state index in [0.29, 0.717) is 25.1 Å². The van der Waals surface area contributed by atoms with E-state index in [2.05, 4.69) is 49.8 Å². The first kappa shape index (κ1) is 42.8. The number of hydroxylamine groups is 1. The van der Waals surface area contributed by atoms with Gasteiger partial charge in [0, 0.05) is 18.3 Å². The van der Waals surface area contributed by atoms with E-state index < -0.39 is 55.0 Å². The van der Waals surface area contributed by atoms with Gasteiger partial charge in [-0.05, 0) is 123 Å². The molecule has 2 N–H and O–H groups in total. The molecule has 292 valence electrons. The predicted octanol–water partition coefficient (Wildman–Crippen LogP) is 7.72. The molecule has 0 saturated heterocycles. The molecule has 1 aromatic carbocycles. The Labute approximate surface area is 310 Å². The second-order valence-electron chi connectivity index (χ2n) is 18.1. The van der Waals surface area contributed by atoms with Gasteiger partial charge < -0.3 is 28.7 Å². The summed E-state index contributed by atoms with van der Waals surface area (Å²) in [6.45, 7) is 29.1. The highest BCUT2D eigenvalue weighted by molar-refractivity contribution is 6.74. The molecular formula is C38H62N4O9Si. The SMILES string of the molecule is CC(C)(C)OC(=O)NCC(Cn1cc(-c2ccc3c(c2)CC[C@H]([C@](C)(ONC(=O)OC(C)(C)C)C(=O)OC(C)(C)C)O3)cn1)O[Si](C)(C)C(C)(C)C. The number of nitrogens with zero attached hydrogens (tertiary/aromatic N) is 2. The van der Waals surface area contributed by atoms with Gasteiger partial charge in [0.05, 0.1) is 18.8 Å². The molecule has 52 heavy (non-hydrogen) atoms. The van der Waals surface area contributed by atoms with Crippen LogP contribution in [-0.4, -0.2) is 77.4 Å². The number of benzene rings is 1. The van der Waals surface area contributed by atoms with Crippen LogP contribution < -0.4 is 15.5 Å². The summed E-state index contributed by atoms with van der Waals surface area (Å²) in [5.74, 6) is -0.0789. The number of hydrogen-bond acceptors (Lipinski definition) is 10. The van der Waals surface area contributed by atoms with E-state index in [1.807, 2.05) is 49.8 Å². The fourth-order valence-electron chi connectivity index (χ4n) is 5.09. The molecule has 2 amide bonds. The van der Waals surface area contributed by atoms with Crippen molar-refractivity contribution < 1.29 is 42.6 Å². The maximum Gasteiger partial charge on any atom is 0.431 e. The second kappa shape index (κ2) is 15.8. The van der Waals surface area contributed by atoms with Crippen LogP contribution in [0.15, 0.2) is 30.6 Å². The molecule has 3 atom stereocenters. The van der Waals surface area contributed by atoms with Crippen LogP contribution >= 0.6 is 0 Å². The Balaban J connectivity index is 1.80. The lowest BCUT2D eigenvalue weighted by Crippen LogP contribution is -2.58. The lowest BCUT2D eigenvalue weighted by molar-refractivity contribution is -0.205. The fraction of sp³-hybridized carbons (Fsp3) is 0.684. The van der Waals surface area contributed by atoms with Crippen LogP contribution in [0.5, 0.6) is 5.75 Å².